The van der Waals surface area contributed by atoms with E-state index in [0.717, 1.165) is 6.07 Å². The van der Waals surface area contributed by atoms with Crippen molar-refractivity contribution in [3.8, 4) is 6.07 Å². The zero-order valence-corrected chi connectivity index (χ0v) is 18.8. The topological polar surface area (TPSA) is 74.4 Å². The van der Waals surface area contributed by atoms with Gasteiger partial charge < -0.3 is 14.5 Å². The van der Waals surface area contributed by atoms with Crippen LogP contribution in [0.4, 0.5) is 18.9 Å². The molecule has 1 aromatic heterocycles. The van der Waals surface area contributed by atoms with E-state index in [1.165, 1.54) is 6.07 Å². The fraction of sp³-hybridized carbons (Fsp3) is 0.522. The quantitative estimate of drug-likeness (QED) is 0.699. The first kappa shape index (κ1) is 23.1. The molecule has 1 amide bonds. The molecule has 0 spiro atoms. The van der Waals surface area contributed by atoms with Crippen LogP contribution in [0.15, 0.2) is 24.4 Å². The van der Waals surface area contributed by atoms with Crippen LogP contribution in [0.1, 0.15) is 33.6 Å². The summed E-state index contributed by atoms with van der Waals surface area (Å²) in [6.45, 7) is 4.33. The molecule has 2 fully saturated rings. The van der Waals surface area contributed by atoms with Crippen molar-refractivity contribution >= 4 is 11.6 Å². The lowest BCUT2D eigenvalue weighted by Crippen LogP contribution is -2.50. The number of hydrogen-bond donors (Lipinski definition) is 0. The van der Waals surface area contributed by atoms with Gasteiger partial charge in [-0.3, -0.25) is 9.48 Å². The normalized spacial score (nSPS) is 22.9. The van der Waals surface area contributed by atoms with Gasteiger partial charge in [-0.2, -0.15) is 23.5 Å². The lowest BCUT2D eigenvalue weighted by atomic mass is 9.73. The Hall–Kier alpha value is -3.06. The fourth-order valence-corrected chi connectivity index (χ4v) is 5.23. The zero-order valence-electron chi connectivity index (χ0n) is 18.8. The van der Waals surface area contributed by atoms with Gasteiger partial charge >= 0.3 is 6.18 Å². The molecule has 0 bridgehead atoms. The first-order valence-electron chi connectivity index (χ1n) is 10.7. The number of piperidine rings is 1. The maximum Gasteiger partial charge on any atom is 0.417 e. The molecule has 2 aromatic rings. The highest BCUT2D eigenvalue weighted by Gasteiger charge is 2.50. The van der Waals surface area contributed by atoms with Gasteiger partial charge in [-0.25, -0.2) is 0 Å². The zero-order chi connectivity index (χ0) is 24.0. The van der Waals surface area contributed by atoms with E-state index in [0.29, 0.717) is 56.2 Å². The number of nitrogens with zero attached hydrogens (tertiary/aromatic N) is 5. The second kappa shape index (κ2) is 8.37. The summed E-state index contributed by atoms with van der Waals surface area (Å²) in [6, 6.07) is 5.47. The predicted molar refractivity (Wildman–Crippen MR) is 115 cm³/mol. The number of ether oxygens (including phenoxy) is 1. The molecule has 0 saturated carbocycles. The maximum absolute atomic E-state index is 13.5. The average Bonchev–Trinajstić information content (AvgIpc) is 3.31. The van der Waals surface area contributed by atoms with Gasteiger partial charge in [0, 0.05) is 63.6 Å². The van der Waals surface area contributed by atoms with Gasteiger partial charge in [0.2, 0.25) is 0 Å². The first-order chi connectivity index (χ1) is 15.6. The largest absolute Gasteiger partial charge is 0.417 e. The van der Waals surface area contributed by atoms with Crippen LogP contribution in [-0.2, 0) is 18.0 Å². The van der Waals surface area contributed by atoms with Crippen LogP contribution in [0.3, 0.4) is 0 Å². The van der Waals surface area contributed by atoms with Gasteiger partial charge in [0.1, 0.15) is 0 Å². The van der Waals surface area contributed by atoms with E-state index in [-0.39, 0.29) is 17.2 Å². The average molecular weight is 461 g/mol. The van der Waals surface area contributed by atoms with Gasteiger partial charge in [-0.05, 0) is 31.5 Å². The molecule has 4 rings (SSSR count). The van der Waals surface area contributed by atoms with E-state index in [4.69, 9.17) is 10.00 Å². The number of methoxy groups -OCH3 is 1. The molecule has 176 valence electrons. The molecule has 1 aromatic carbocycles. The lowest BCUT2D eigenvalue weighted by molar-refractivity contribution is -0.137. The van der Waals surface area contributed by atoms with Crippen LogP contribution in [-0.4, -0.2) is 60.5 Å². The van der Waals surface area contributed by atoms with Crippen molar-refractivity contribution in [2.24, 2.45) is 18.4 Å². The number of hydrogen-bond acceptors (Lipinski definition) is 5. The number of aromatic nitrogens is 2. The summed E-state index contributed by atoms with van der Waals surface area (Å²) >= 11 is 0. The Balaban J connectivity index is 1.60. The Labute approximate surface area is 190 Å². The molecule has 0 radical (unpaired) electrons. The van der Waals surface area contributed by atoms with Crippen LogP contribution in [0.5, 0.6) is 0 Å². The number of rotatable bonds is 4. The van der Waals surface area contributed by atoms with E-state index >= 15 is 0 Å². The number of anilines is 1. The van der Waals surface area contributed by atoms with E-state index in [2.05, 4.69) is 5.10 Å². The smallest absolute Gasteiger partial charge is 0.384 e. The van der Waals surface area contributed by atoms with Crippen molar-refractivity contribution < 1.29 is 22.7 Å². The molecule has 2 aliphatic rings. The minimum absolute atomic E-state index is 0.0390. The fourth-order valence-electron chi connectivity index (χ4n) is 5.23. The number of halogens is 3. The Bertz CT molecular complexity index is 1110. The van der Waals surface area contributed by atoms with E-state index in [1.54, 1.807) is 44.1 Å². The van der Waals surface area contributed by atoms with Crippen molar-refractivity contribution in [2.75, 3.05) is 44.8 Å². The van der Waals surface area contributed by atoms with Crippen LogP contribution in [0, 0.1) is 29.6 Å². The Morgan fingerprint density at radius 1 is 1.36 bits per heavy atom. The number of fused-ring (bicyclic) bond motifs is 1. The van der Waals surface area contributed by atoms with Crippen molar-refractivity contribution in [3.63, 3.8) is 0 Å². The van der Waals surface area contributed by atoms with Crippen molar-refractivity contribution in [1.82, 2.24) is 14.7 Å². The molecule has 2 saturated heterocycles. The standard InChI is InChI=1S/C23H26F3N5O2/c1-15-19(12-29(2)28-15)21(32)30-7-6-22(14-33-3)13-31(11-17(22)10-30)18-5-4-16(9-27)20(8-18)23(24,25)26/h4-5,8,12,17H,6-7,10-11,13-14H2,1-3H3/t17-,22+/m1/s1. The van der Waals surface area contributed by atoms with Crippen LogP contribution >= 0.6 is 0 Å². The second-order valence-corrected chi connectivity index (χ2v) is 9.02. The lowest BCUT2D eigenvalue weighted by Gasteiger charge is -2.43. The summed E-state index contributed by atoms with van der Waals surface area (Å²) in [5.74, 6) is -0.0418. The highest BCUT2D eigenvalue weighted by molar-refractivity contribution is 5.95. The second-order valence-electron chi connectivity index (χ2n) is 9.02. The summed E-state index contributed by atoms with van der Waals surface area (Å²) in [4.78, 5) is 16.9. The minimum atomic E-state index is -4.61. The summed E-state index contributed by atoms with van der Waals surface area (Å²) in [5.41, 5.74) is 0.0734. The summed E-state index contributed by atoms with van der Waals surface area (Å²) in [7, 11) is 3.39. The number of amides is 1. The highest BCUT2D eigenvalue weighted by atomic mass is 19.4. The van der Waals surface area contributed by atoms with Gasteiger partial charge in [-0.15, -0.1) is 0 Å². The van der Waals surface area contributed by atoms with Crippen molar-refractivity contribution in [2.45, 2.75) is 19.5 Å². The Morgan fingerprint density at radius 3 is 2.73 bits per heavy atom. The Kier molecular flexibility index (Phi) is 5.86. The third-order valence-electron chi connectivity index (χ3n) is 6.89. The molecular formula is C23H26F3N5O2. The van der Waals surface area contributed by atoms with Crippen LogP contribution in [0.25, 0.3) is 0 Å². The highest BCUT2D eigenvalue weighted by Crippen LogP contribution is 2.45. The third kappa shape index (κ3) is 4.17. The van der Waals surface area contributed by atoms with Gasteiger partial charge in [0.05, 0.1) is 35.1 Å². The number of aryl methyl sites for hydroxylation is 2. The molecule has 2 aliphatic heterocycles. The SMILES string of the molecule is COC[C@@]12CCN(C(=O)c3cn(C)nc3C)C[C@@H]1CN(c1ccc(C#N)c(C(F)(F)F)c1)C2. The number of nitriles is 1. The van der Waals surface area contributed by atoms with Gasteiger partial charge in [0.25, 0.3) is 5.91 Å². The summed E-state index contributed by atoms with van der Waals surface area (Å²) < 4.78 is 47.6. The van der Waals surface area contributed by atoms with Gasteiger partial charge in [-0.1, -0.05) is 0 Å². The Morgan fingerprint density at radius 2 is 2.12 bits per heavy atom. The molecule has 0 aliphatic carbocycles. The van der Waals surface area contributed by atoms with E-state index in [9.17, 15) is 18.0 Å². The monoisotopic (exact) mass is 461 g/mol. The molecule has 10 heteroatoms. The molecular weight excluding hydrogens is 435 g/mol. The predicted octanol–water partition coefficient (Wildman–Crippen LogP) is 3.23. The van der Waals surface area contributed by atoms with E-state index in [1.807, 2.05) is 9.80 Å². The van der Waals surface area contributed by atoms with Crippen molar-refractivity contribution in [3.05, 3.63) is 46.8 Å². The number of likely N-dealkylation sites (tertiary alicyclic amines) is 1. The molecule has 0 N–H and O–H groups in total. The maximum atomic E-state index is 13.5. The number of carbonyl (C=O) groups excluding carboxylic acids is 1. The summed E-state index contributed by atoms with van der Waals surface area (Å²) in [5, 5.41) is 13.3. The number of alkyl halides is 3. The molecule has 0 unspecified atom stereocenters. The molecule has 33 heavy (non-hydrogen) atoms. The summed E-state index contributed by atoms with van der Waals surface area (Å²) in [6.07, 6.45) is -2.21. The number of carbonyl (C=O) groups is 1. The number of benzene rings is 1. The minimum Gasteiger partial charge on any atom is -0.384 e. The van der Waals surface area contributed by atoms with Crippen LogP contribution < -0.4 is 4.90 Å². The molecule has 3 heterocycles. The van der Waals surface area contributed by atoms with Crippen molar-refractivity contribution in [1.29, 1.82) is 5.26 Å². The molecule has 7 nitrogen and oxygen atoms in total. The van der Waals surface area contributed by atoms with Crippen LogP contribution in [0.2, 0.25) is 0 Å². The third-order valence-corrected chi connectivity index (χ3v) is 6.89. The molecule has 2 atom stereocenters. The van der Waals surface area contributed by atoms with Gasteiger partial charge in [0.15, 0.2) is 0 Å². The first-order valence-corrected chi connectivity index (χ1v) is 10.7. The van der Waals surface area contributed by atoms with E-state index < -0.39 is 17.3 Å².